The minimum atomic E-state index is -0.265. The number of hydrogen-bond acceptors (Lipinski definition) is 3. The molecule has 0 aliphatic rings. The molecular formula is C12H8Cl2N2O. The van der Waals surface area contributed by atoms with E-state index in [0.29, 0.717) is 10.6 Å². The molecule has 2 aromatic rings. The molecule has 0 bridgehead atoms. The van der Waals surface area contributed by atoms with Crippen LogP contribution in [0.3, 0.4) is 0 Å². The van der Waals surface area contributed by atoms with Crippen molar-refractivity contribution in [1.82, 2.24) is 9.97 Å². The van der Waals surface area contributed by atoms with Crippen molar-refractivity contribution in [2.75, 3.05) is 0 Å². The Morgan fingerprint density at radius 1 is 1.18 bits per heavy atom. The van der Waals surface area contributed by atoms with Crippen LogP contribution >= 0.6 is 23.2 Å². The first-order valence-corrected chi connectivity index (χ1v) is 5.62. The second kappa shape index (κ2) is 4.82. The number of ketones is 1. The molecule has 0 amide bonds. The quantitative estimate of drug-likeness (QED) is 0.784. The molecule has 2 rings (SSSR count). The third kappa shape index (κ3) is 2.62. The fourth-order valence-corrected chi connectivity index (χ4v) is 1.79. The van der Waals surface area contributed by atoms with Gasteiger partial charge in [0.1, 0.15) is 5.69 Å². The van der Waals surface area contributed by atoms with E-state index in [0.717, 1.165) is 5.69 Å². The summed E-state index contributed by atoms with van der Waals surface area (Å²) in [5, 5.41) is 0.636. The van der Waals surface area contributed by atoms with E-state index in [2.05, 4.69) is 9.97 Å². The molecule has 17 heavy (non-hydrogen) atoms. The highest BCUT2D eigenvalue weighted by Gasteiger charge is 2.14. The molecule has 0 aliphatic carbocycles. The minimum absolute atomic E-state index is 0.182. The minimum Gasteiger partial charge on any atom is -0.287 e. The number of aryl methyl sites for hydroxylation is 1. The molecule has 2 heterocycles. The van der Waals surface area contributed by atoms with Crippen LogP contribution in [0.4, 0.5) is 0 Å². The second-order valence-corrected chi connectivity index (χ2v) is 4.34. The van der Waals surface area contributed by atoms with Crippen molar-refractivity contribution < 1.29 is 4.79 Å². The molecule has 0 aromatic carbocycles. The van der Waals surface area contributed by atoms with E-state index in [-0.39, 0.29) is 16.5 Å². The molecule has 2 aromatic heterocycles. The van der Waals surface area contributed by atoms with Crippen LogP contribution < -0.4 is 0 Å². The summed E-state index contributed by atoms with van der Waals surface area (Å²) in [5.74, 6) is -0.265. The number of nitrogens with zero attached hydrogens (tertiary/aromatic N) is 2. The summed E-state index contributed by atoms with van der Waals surface area (Å²) in [6.07, 6.45) is 2.90. The van der Waals surface area contributed by atoms with E-state index < -0.39 is 0 Å². The standard InChI is InChI=1S/C12H8Cl2N2O/c1-7-2-3-8(5-15-7)12(17)11-10(14)4-9(13)6-16-11/h2-6H,1H3. The average molecular weight is 267 g/mol. The van der Waals surface area contributed by atoms with Crippen molar-refractivity contribution >= 4 is 29.0 Å². The molecule has 0 unspecified atom stereocenters. The zero-order valence-corrected chi connectivity index (χ0v) is 10.5. The van der Waals surface area contributed by atoms with E-state index >= 15 is 0 Å². The maximum atomic E-state index is 12.1. The van der Waals surface area contributed by atoms with E-state index in [1.807, 2.05) is 6.92 Å². The van der Waals surface area contributed by atoms with Gasteiger partial charge in [0.05, 0.1) is 10.0 Å². The highest BCUT2D eigenvalue weighted by Crippen LogP contribution is 2.20. The summed E-state index contributed by atoms with van der Waals surface area (Å²) in [4.78, 5) is 20.1. The smallest absolute Gasteiger partial charge is 0.214 e. The Morgan fingerprint density at radius 3 is 2.53 bits per heavy atom. The zero-order valence-electron chi connectivity index (χ0n) is 8.95. The number of carbonyl (C=O) groups is 1. The van der Waals surface area contributed by atoms with Gasteiger partial charge in [0, 0.05) is 23.7 Å². The Morgan fingerprint density at radius 2 is 1.94 bits per heavy atom. The zero-order chi connectivity index (χ0) is 12.4. The van der Waals surface area contributed by atoms with Crippen LogP contribution in [0.2, 0.25) is 10.0 Å². The lowest BCUT2D eigenvalue weighted by Gasteiger charge is -2.03. The van der Waals surface area contributed by atoms with Crippen molar-refractivity contribution in [3.63, 3.8) is 0 Å². The van der Waals surface area contributed by atoms with Gasteiger partial charge in [-0.3, -0.25) is 9.78 Å². The van der Waals surface area contributed by atoms with E-state index in [1.54, 1.807) is 12.1 Å². The number of carbonyl (C=O) groups excluding carboxylic acids is 1. The van der Waals surface area contributed by atoms with Crippen LogP contribution in [0.5, 0.6) is 0 Å². The Labute approximate surface area is 108 Å². The van der Waals surface area contributed by atoms with Gasteiger partial charge >= 0.3 is 0 Å². The van der Waals surface area contributed by atoms with Crippen LogP contribution in [0.15, 0.2) is 30.6 Å². The van der Waals surface area contributed by atoms with Crippen molar-refractivity contribution in [2.24, 2.45) is 0 Å². The van der Waals surface area contributed by atoms with Gasteiger partial charge in [0.25, 0.3) is 0 Å². The highest BCUT2D eigenvalue weighted by molar-refractivity contribution is 6.37. The Hall–Kier alpha value is -1.45. The summed E-state index contributed by atoms with van der Waals surface area (Å²) in [6, 6.07) is 4.94. The molecule has 5 heteroatoms. The first-order valence-electron chi connectivity index (χ1n) is 4.86. The fraction of sp³-hybridized carbons (Fsp3) is 0.0833. The number of aromatic nitrogens is 2. The summed E-state index contributed by atoms with van der Waals surface area (Å²) < 4.78 is 0. The lowest BCUT2D eigenvalue weighted by molar-refractivity contribution is 0.103. The Balaban J connectivity index is 2.40. The van der Waals surface area contributed by atoms with E-state index in [1.165, 1.54) is 18.5 Å². The van der Waals surface area contributed by atoms with Crippen LogP contribution in [0, 0.1) is 6.92 Å². The number of pyridine rings is 2. The summed E-state index contributed by atoms with van der Waals surface area (Å²) in [7, 11) is 0. The molecule has 0 saturated carbocycles. The van der Waals surface area contributed by atoms with Gasteiger partial charge in [0.2, 0.25) is 5.78 Å². The van der Waals surface area contributed by atoms with Crippen LogP contribution in [0.1, 0.15) is 21.7 Å². The lowest BCUT2D eigenvalue weighted by atomic mass is 10.1. The molecule has 0 radical (unpaired) electrons. The third-order valence-corrected chi connectivity index (χ3v) is 2.69. The average Bonchev–Trinajstić information content (AvgIpc) is 2.29. The first-order chi connectivity index (χ1) is 8.08. The summed E-state index contributed by atoms with van der Waals surface area (Å²) in [5.41, 5.74) is 1.48. The normalized spacial score (nSPS) is 10.3. The molecule has 0 atom stereocenters. The monoisotopic (exact) mass is 266 g/mol. The predicted molar refractivity (Wildman–Crippen MR) is 66.7 cm³/mol. The predicted octanol–water partition coefficient (Wildman–Crippen LogP) is 3.32. The maximum absolute atomic E-state index is 12.1. The molecule has 0 fully saturated rings. The van der Waals surface area contributed by atoms with Crippen LogP contribution in [-0.4, -0.2) is 15.8 Å². The van der Waals surface area contributed by atoms with Gasteiger partial charge in [-0.15, -0.1) is 0 Å². The molecular weight excluding hydrogens is 259 g/mol. The van der Waals surface area contributed by atoms with Crippen molar-refractivity contribution in [3.05, 3.63) is 57.6 Å². The van der Waals surface area contributed by atoms with Gasteiger partial charge in [-0.2, -0.15) is 0 Å². The topological polar surface area (TPSA) is 42.9 Å². The molecule has 86 valence electrons. The van der Waals surface area contributed by atoms with Gasteiger partial charge in [-0.1, -0.05) is 23.2 Å². The third-order valence-electron chi connectivity index (χ3n) is 2.20. The van der Waals surface area contributed by atoms with Gasteiger partial charge in [-0.05, 0) is 25.1 Å². The number of hydrogen-bond donors (Lipinski definition) is 0. The van der Waals surface area contributed by atoms with Crippen molar-refractivity contribution in [2.45, 2.75) is 6.92 Å². The summed E-state index contributed by atoms with van der Waals surface area (Å²) in [6.45, 7) is 1.85. The van der Waals surface area contributed by atoms with Crippen LogP contribution in [0.25, 0.3) is 0 Å². The fourth-order valence-electron chi connectivity index (χ4n) is 1.32. The SMILES string of the molecule is Cc1ccc(C(=O)c2ncc(Cl)cc2Cl)cn1. The van der Waals surface area contributed by atoms with Crippen molar-refractivity contribution in [3.8, 4) is 0 Å². The molecule has 0 spiro atoms. The highest BCUT2D eigenvalue weighted by atomic mass is 35.5. The number of rotatable bonds is 2. The van der Waals surface area contributed by atoms with E-state index in [9.17, 15) is 4.79 Å². The molecule has 3 nitrogen and oxygen atoms in total. The first kappa shape index (κ1) is 12.0. The van der Waals surface area contributed by atoms with Gasteiger partial charge in [-0.25, -0.2) is 4.98 Å². The van der Waals surface area contributed by atoms with Crippen molar-refractivity contribution in [1.29, 1.82) is 0 Å². The molecule has 0 aliphatic heterocycles. The maximum Gasteiger partial charge on any atom is 0.214 e. The summed E-state index contributed by atoms with van der Waals surface area (Å²) >= 11 is 11.6. The molecule has 0 N–H and O–H groups in total. The van der Waals surface area contributed by atoms with Gasteiger partial charge in [0.15, 0.2) is 0 Å². The Bertz CT molecular complexity index is 567. The largest absolute Gasteiger partial charge is 0.287 e. The lowest BCUT2D eigenvalue weighted by Crippen LogP contribution is -2.05. The molecule has 0 saturated heterocycles. The number of halogens is 2. The van der Waals surface area contributed by atoms with E-state index in [4.69, 9.17) is 23.2 Å². The van der Waals surface area contributed by atoms with Gasteiger partial charge < -0.3 is 0 Å². The Kier molecular flexibility index (Phi) is 3.41. The van der Waals surface area contributed by atoms with Crippen LogP contribution in [-0.2, 0) is 0 Å². The second-order valence-electron chi connectivity index (χ2n) is 3.50.